The molecular weight excluding hydrogens is 178 g/mol. The first kappa shape index (κ1) is 14.4. The second kappa shape index (κ2) is 4.20. The summed E-state index contributed by atoms with van der Waals surface area (Å²) in [6.07, 6.45) is 0.384. The fourth-order valence-corrected chi connectivity index (χ4v) is 2.52. The van der Waals surface area contributed by atoms with Crippen LogP contribution in [-0.4, -0.2) is 18.2 Å². The van der Waals surface area contributed by atoms with Gasteiger partial charge in [-0.25, -0.2) is 8.42 Å². The molecule has 0 heterocycles. The lowest BCUT2D eigenvalue weighted by Crippen LogP contribution is -2.33. The lowest BCUT2D eigenvalue weighted by Gasteiger charge is -2.31. The molecule has 0 rings (SSSR count). The van der Waals surface area contributed by atoms with Crippen molar-refractivity contribution in [1.29, 1.82) is 0 Å². The summed E-state index contributed by atoms with van der Waals surface area (Å²) in [7, 11) is -4.12. The summed E-state index contributed by atoms with van der Waals surface area (Å²) in [6, 6.07) is 0. The van der Waals surface area contributed by atoms with E-state index in [0.29, 0.717) is 6.42 Å². The molecule has 0 aromatic heterocycles. The van der Waals surface area contributed by atoms with Gasteiger partial charge in [0, 0.05) is 0 Å². The van der Waals surface area contributed by atoms with E-state index in [1.54, 1.807) is 27.7 Å². The highest BCUT2D eigenvalue weighted by molar-refractivity contribution is 7.86. The first-order valence-corrected chi connectivity index (χ1v) is 5.11. The van der Waals surface area contributed by atoms with Crippen molar-refractivity contribution in [3.8, 4) is 0 Å². The van der Waals surface area contributed by atoms with E-state index in [0.717, 1.165) is 0 Å². The minimum Gasteiger partial charge on any atom is -0.748 e. The number of quaternary nitrogens is 1. The van der Waals surface area contributed by atoms with Crippen LogP contribution in [0.1, 0.15) is 34.1 Å². The van der Waals surface area contributed by atoms with Gasteiger partial charge in [-0.15, -0.1) is 0 Å². The molecule has 0 radical (unpaired) electrons. The molecule has 12 heavy (non-hydrogen) atoms. The van der Waals surface area contributed by atoms with E-state index >= 15 is 0 Å². The molecule has 0 amide bonds. The molecule has 0 saturated carbocycles. The van der Waals surface area contributed by atoms with Gasteiger partial charge < -0.3 is 10.7 Å². The van der Waals surface area contributed by atoms with Crippen LogP contribution in [-0.2, 0) is 10.1 Å². The molecule has 0 spiro atoms. The van der Waals surface area contributed by atoms with E-state index in [2.05, 4.69) is 0 Å². The quantitative estimate of drug-likeness (QED) is 0.683. The molecule has 4 N–H and O–H groups in total. The Morgan fingerprint density at radius 1 is 1.33 bits per heavy atom. The van der Waals surface area contributed by atoms with Crippen molar-refractivity contribution in [3.05, 3.63) is 0 Å². The van der Waals surface area contributed by atoms with Crippen molar-refractivity contribution in [2.24, 2.45) is 5.41 Å². The van der Waals surface area contributed by atoms with Gasteiger partial charge >= 0.3 is 0 Å². The van der Waals surface area contributed by atoms with Gasteiger partial charge in [0.1, 0.15) is 0 Å². The summed E-state index contributed by atoms with van der Waals surface area (Å²) in [4.78, 5) is 0. The molecule has 0 aromatic carbocycles. The number of rotatable bonds is 2. The van der Waals surface area contributed by atoms with E-state index < -0.39 is 20.8 Å². The fraction of sp³-hybridized carbons (Fsp3) is 1.00. The van der Waals surface area contributed by atoms with E-state index in [1.165, 1.54) is 0 Å². The van der Waals surface area contributed by atoms with E-state index in [-0.39, 0.29) is 6.15 Å². The topological polar surface area (TPSA) is 93.7 Å². The van der Waals surface area contributed by atoms with E-state index in [1.807, 2.05) is 0 Å². The predicted octanol–water partition coefficient (Wildman–Crippen LogP) is 1.73. The van der Waals surface area contributed by atoms with Crippen molar-refractivity contribution in [1.82, 2.24) is 6.15 Å². The third kappa shape index (κ3) is 4.04. The van der Waals surface area contributed by atoms with Crippen molar-refractivity contribution in [2.75, 3.05) is 0 Å². The Bertz CT molecular complexity index is 215. The number of hydrogen-bond donors (Lipinski definition) is 1. The highest BCUT2D eigenvalue weighted by Gasteiger charge is 2.28. The smallest absolute Gasteiger partial charge is 0.0980 e. The molecule has 0 aliphatic carbocycles. The summed E-state index contributed by atoms with van der Waals surface area (Å²) >= 11 is 0. The van der Waals surface area contributed by atoms with Crippen LogP contribution in [0, 0.1) is 5.41 Å². The van der Waals surface area contributed by atoms with Gasteiger partial charge in [-0.1, -0.05) is 27.7 Å². The molecule has 0 saturated heterocycles. The lowest BCUT2D eigenvalue weighted by molar-refractivity contribution is 0.339. The second-order valence-corrected chi connectivity index (χ2v) is 5.31. The Kier molecular flexibility index (Phi) is 5.04. The molecule has 5 heteroatoms. The third-order valence-electron chi connectivity index (χ3n) is 1.69. The average molecular weight is 197 g/mol. The predicted molar refractivity (Wildman–Crippen MR) is 49.2 cm³/mol. The monoisotopic (exact) mass is 197 g/mol. The molecule has 1 atom stereocenters. The van der Waals surface area contributed by atoms with Gasteiger partial charge in [0.25, 0.3) is 0 Å². The fourth-order valence-electron chi connectivity index (χ4n) is 1.25. The molecule has 4 nitrogen and oxygen atoms in total. The molecule has 0 aliphatic rings. The summed E-state index contributed by atoms with van der Waals surface area (Å²) in [5.41, 5.74) is -0.449. The molecule has 76 valence electrons. The summed E-state index contributed by atoms with van der Waals surface area (Å²) < 4.78 is 32.0. The van der Waals surface area contributed by atoms with E-state index in [9.17, 15) is 13.0 Å². The Morgan fingerprint density at radius 2 is 1.67 bits per heavy atom. The summed E-state index contributed by atoms with van der Waals surface area (Å²) in [6.45, 7) is 7.00. The zero-order valence-corrected chi connectivity index (χ0v) is 9.23. The largest absolute Gasteiger partial charge is 0.748 e. The van der Waals surface area contributed by atoms with Crippen molar-refractivity contribution in [3.63, 3.8) is 0 Å². The second-order valence-electron chi connectivity index (χ2n) is 3.76. The van der Waals surface area contributed by atoms with Gasteiger partial charge in [-0.3, -0.25) is 0 Å². The van der Waals surface area contributed by atoms with Crippen LogP contribution < -0.4 is 6.15 Å². The third-order valence-corrected chi connectivity index (χ3v) is 3.42. The molecule has 0 fully saturated rings. The van der Waals surface area contributed by atoms with Crippen LogP contribution in [0.25, 0.3) is 0 Å². The SMILES string of the molecule is CCC(C(C)(C)C)S(=O)(=O)[O-].[NH4+]. The van der Waals surface area contributed by atoms with Crippen LogP contribution >= 0.6 is 0 Å². The first-order chi connectivity index (χ1) is 4.69. The molecule has 1 unspecified atom stereocenters. The maximum Gasteiger partial charge on any atom is 0.0980 e. The zero-order chi connectivity index (χ0) is 9.28. The van der Waals surface area contributed by atoms with Gasteiger partial charge in [-0.2, -0.15) is 0 Å². The van der Waals surface area contributed by atoms with Gasteiger partial charge in [-0.05, 0) is 11.8 Å². The van der Waals surface area contributed by atoms with Crippen LogP contribution in [0.15, 0.2) is 0 Å². The molecule has 0 aromatic rings. The highest BCUT2D eigenvalue weighted by atomic mass is 32.2. The normalized spacial score (nSPS) is 15.1. The Labute approximate surface area is 74.7 Å². The Hall–Kier alpha value is -0.130. The average Bonchev–Trinajstić information content (AvgIpc) is 1.56. The van der Waals surface area contributed by atoms with Crippen molar-refractivity contribution >= 4 is 10.1 Å². The van der Waals surface area contributed by atoms with Crippen LogP contribution in [0.3, 0.4) is 0 Å². The minimum atomic E-state index is -4.12. The van der Waals surface area contributed by atoms with Crippen LogP contribution in [0.4, 0.5) is 0 Å². The molecule has 0 bridgehead atoms. The Balaban J connectivity index is 0. The van der Waals surface area contributed by atoms with Gasteiger partial charge in [0.15, 0.2) is 0 Å². The maximum atomic E-state index is 10.7. The van der Waals surface area contributed by atoms with Crippen molar-refractivity contribution in [2.45, 2.75) is 39.4 Å². The standard InChI is InChI=1S/C7H16O3S.H3N/c1-5-6(7(2,3)4)11(8,9)10;/h6H,5H2,1-4H3,(H,8,9,10);1H3. The van der Waals surface area contributed by atoms with Crippen LogP contribution in [0.5, 0.6) is 0 Å². The van der Waals surface area contributed by atoms with Crippen LogP contribution in [0.2, 0.25) is 0 Å². The molecular formula is C7H19NO3S. The summed E-state index contributed by atoms with van der Waals surface area (Å²) in [5.74, 6) is 0. The molecule has 0 aliphatic heterocycles. The maximum absolute atomic E-state index is 10.7. The minimum absolute atomic E-state index is 0. The zero-order valence-electron chi connectivity index (χ0n) is 8.42. The van der Waals surface area contributed by atoms with Gasteiger partial charge in [0.2, 0.25) is 0 Å². The first-order valence-electron chi connectivity index (χ1n) is 3.64. The Morgan fingerprint density at radius 3 is 1.67 bits per heavy atom. The van der Waals surface area contributed by atoms with E-state index in [4.69, 9.17) is 0 Å². The lowest BCUT2D eigenvalue weighted by atomic mass is 9.90. The summed E-state index contributed by atoms with van der Waals surface area (Å²) in [5, 5.41) is -0.769. The number of hydrogen-bond acceptors (Lipinski definition) is 3. The van der Waals surface area contributed by atoms with Crippen molar-refractivity contribution < 1.29 is 13.0 Å². The highest BCUT2D eigenvalue weighted by Crippen LogP contribution is 2.27. The van der Waals surface area contributed by atoms with Gasteiger partial charge in [0.05, 0.1) is 15.4 Å².